The summed E-state index contributed by atoms with van der Waals surface area (Å²) in [7, 11) is 0. The number of benzene rings is 2. The molecule has 2 rings (SSSR count). The third-order valence-corrected chi connectivity index (χ3v) is 4.44. The summed E-state index contributed by atoms with van der Waals surface area (Å²) in [4.78, 5) is 35.8. The number of hydrogen-bond donors (Lipinski definition) is 1. The highest BCUT2D eigenvalue weighted by Gasteiger charge is 2.19. The Labute approximate surface area is 171 Å². The lowest BCUT2D eigenvalue weighted by Gasteiger charge is -2.15. The molecule has 29 heavy (non-hydrogen) atoms. The van der Waals surface area contributed by atoms with Gasteiger partial charge in [-0.15, -0.1) is 0 Å². The molecular formula is C23H27NO5. The van der Waals surface area contributed by atoms with E-state index in [-0.39, 0.29) is 12.4 Å². The van der Waals surface area contributed by atoms with Gasteiger partial charge in [0.1, 0.15) is 5.75 Å². The fourth-order valence-corrected chi connectivity index (χ4v) is 2.61. The maximum atomic E-state index is 12.3. The van der Waals surface area contributed by atoms with Gasteiger partial charge < -0.3 is 14.8 Å². The molecule has 0 radical (unpaired) electrons. The van der Waals surface area contributed by atoms with Gasteiger partial charge in [0.05, 0.1) is 0 Å². The van der Waals surface area contributed by atoms with E-state index in [0.29, 0.717) is 22.9 Å². The van der Waals surface area contributed by atoms with Crippen LogP contribution in [-0.2, 0) is 14.3 Å². The summed E-state index contributed by atoms with van der Waals surface area (Å²) < 4.78 is 10.7. The average Bonchev–Trinajstić information content (AvgIpc) is 2.67. The van der Waals surface area contributed by atoms with Crippen molar-refractivity contribution in [3.8, 4) is 5.75 Å². The first-order valence-electron chi connectivity index (χ1n) is 9.52. The number of anilines is 1. The van der Waals surface area contributed by atoms with Gasteiger partial charge in [0.2, 0.25) is 0 Å². The molecule has 0 bridgehead atoms. The zero-order valence-corrected chi connectivity index (χ0v) is 17.4. The van der Waals surface area contributed by atoms with E-state index in [1.165, 1.54) is 13.8 Å². The summed E-state index contributed by atoms with van der Waals surface area (Å²) in [6.07, 6.45) is -1.00. The molecule has 0 heterocycles. The summed E-state index contributed by atoms with van der Waals surface area (Å²) >= 11 is 0. The fourth-order valence-electron chi connectivity index (χ4n) is 2.61. The van der Waals surface area contributed by atoms with E-state index in [4.69, 9.17) is 9.47 Å². The lowest BCUT2D eigenvalue weighted by molar-refractivity contribution is -0.155. The second kappa shape index (κ2) is 9.87. The Morgan fingerprint density at radius 1 is 1.03 bits per heavy atom. The second-order valence-electron chi connectivity index (χ2n) is 7.23. The second-order valence-corrected chi connectivity index (χ2v) is 7.23. The number of carbonyl (C=O) groups is 3. The number of esters is 1. The normalized spacial score (nSPS) is 11.7. The van der Waals surface area contributed by atoms with E-state index in [9.17, 15) is 14.4 Å². The van der Waals surface area contributed by atoms with Gasteiger partial charge in [0.15, 0.2) is 18.5 Å². The van der Waals surface area contributed by atoms with Crippen LogP contribution in [0.1, 0.15) is 55.1 Å². The molecule has 6 nitrogen and oxygen atoms in total. The van der Waals surface area contributed by atoms with Crippen molar-refractivity contribution in [2.45, 2.75) is 46.6 Å². The maximum absolute atomic E-state index is 12.3. The Balaban J connectivity index is 1.90. The molecule has 0 saturated heterocycles. The summed E-state index contributed by atoms with van der Waals surface area (Å²) in [5.74, 6) is -0.271. The van der Waals surface area contributed by atoms with E-state index in [1.807, 2.05) is 25.1 Å². The Bertz CT molecular complexity index is 904. The largest absolute Gasteiger partial charge is 0.482 e. The Morgan fingerprint density at radius 3 is 2.41 bits per heavy atom. The third-order valence-electron chi connectivity index (χ3n) is 4.44. The first kappa shape index (κ1) is 22.1. The SMILES string of the molecule is CC(=O)c1cccc(NC(=O)[C@@H](C)OC(=O)COc2cc(C(C)C)ccc2C)c1. The minimum absolute atomic E-state index is 0.102. The number of hydrogen-bond acceptors (Lipinski definition) is 5. The predicted octanol–water partition coefficient (Wildman–Crippen LogP) is 4.27. The molecule has 1 atom stereocenters. The molecule has 0 aromatic heterocycles. The minimum atomic E-state index is -1.00. The summed E-state index contributed by atoms with van der Waals surface area (Å²) in [6, 6.07) is 12.4. The van der Waals surface area contributed by atoms with Crippen LogP contribution in [0.4, 0.5) is 5.69 Å². The molecule has 2 aromatic rings. The van der Waals surface area contributed by atoms with Crippen molar-refractivity contribution in [3.63, 3.8) is 0 Å². The number of amides is 1. The molecule has 0 saturated carbocycles. The van der Waals surface area contributed by atoms with Crippen LogP contribution in [0, 0.1) is 6.92 Å². The van der Waals surface area contributed by atoms with Crippen molar-refractivity contribution >= 4 is 23.3 Å². The van der Waals surface area contributed by atoms with Gasteiger partial charge in [-0.1, -0.05) is 38.1 Å². The van der Waals surface area contributed by atoms with Crippen LogP contribution in [0.3, 0.4) is 0 Å². The van der Waals surface area contributed by atoms with Crippen molar-refractivity contribution < 1.29 is 23.9 Å². The van der Waals surface area contributed by atoms with Gasteiger partial charge in [-0.3, -0.25) is 9.59 Å². The summed E-state index contributed by atoms with van der Waals surface area (Å²) in [5.41, 5.74) is 2.97. The van der Waals surface area contributed by atoms with E-state index in [2.05, 4.69) is 19.2 Å². The highest BCUT2D eigenvalue weighted by molar-refractivity contribution is 5.98. The predicted molar refractivity (Wildman–Crippen MR) is 111 cm³/mol. The molecule has 0 aliphatic heterocycles. The van der Waals surface area contributed by atoms with Crippen molar-refractivity contribution in [1.82, 2.24) is 0 Å². The highest BCUT2D eigenvalue weighted by atomic mass is 16.6. The van der Waals surface area contributed by atoms with E-state index in [1.54, 1.807) is 24.3 Å². The van der Waals surface area contributed by atoms with Gasteiger partial charge >= 0.3 is 5.97 Å². The molecule has 2 aromatic carbocycles. The molecule has 0 unspecified atom stereocenters. The number of ketones is 1. The molecule has 6 heteroatoms. The van der Waals surface area contributed by atoms with E-state index < -0.39 is 18.0 Å². The van der Waals surface area contributed by atoms with Crippen molar-refractivity contribution in [2.75, 3.05) is 11.9 Å². The smallest absolute Gasteiger partial charge is 0.344 e. The van der Waals surface area contributed by atoms with Crippen molar-refractivity contribution in [2.24, 2.45) is 0 Å². The zero-order chi connectivity index (χ0) is 21.6. The number of rotatable bonds is 8. The molecule has 0 fully saturated rings. The number of nitrogens with one attached hydrogen (secondary N) is 1. The summed E-state index contributed by atoms with van der Waals surface area (Å²) in [5, 5.41) is 2.64. The van der Waals surface area contributed by atoms with Crippen LogP contribution in [-0.4, -0.2) is 30.4 Å². The minimum Gasteiger partial charge on any atom is -0.482 e. The number of aryl methyl sites for hydroxylation is 1. The zero-order valence-electron chi connectivity index (χ0n) is 17.4. The van der Waals surface area contributed by atoms with E-state index in [0.717, 1.165) is 11.1 Å². The molecule has 0 spiro atoms. The van der Waals surface area contributed by atoms with Crippen molar-refractivity contribution in [1.29, 1.82) is 0 Å². The van der Waals surface area contributed by atoms with Crippen LogP contribution in [0.25, 0.3) is 0 Å². The number of ether oxygens (including phenoxy) is 2. The quantitative estimate of drug-likeness (QED) is 0.531. The molecule has 0 aliphatic rings. The van der Waals surface area contributed by atoms with Gasteiger partial charge in [-0.05, 0) is 56.0 Å². The Kier molecular flexibility index (Phi) is 7.53. The molecule has 1 amide bonds. The number of Topliss-reactive ketones (excluding diaryl/α,β-unsaturated/α-hetero) is 1. The summed E-state index contributed by atoms with van der Waals surface area (Å²) in [6.45, 7) is 8.69. The molecule has 0 aliphatic carbocycles. The lowest BCUT2D eigenvalue weighted by Crippen LogP contribution is -2.31. The average molecular weight is 397 g/mol. The van der Waals surface area contributed by atoms with E-state index >= 15 is 0 Å². The van der Waals surface area contributed by atoms with Gasteiger partial charge in [-0.2, -0.15) is 0 Å². The van der Waals surface area contributed by atoms with Crippen LogP contribution < -0.4 is 10.1 Å². The van der Waals surface area contributed by atoms with Crippen LogP contribution >= 0.6 is 0 Å². The Hall–Kier alpha value is -3.15. The molecule has 154 valence electrons. The standard InChI is InChI=1S/C23H27NO5/c1-14(2)18-10-9-15(3)21(12-18)28-13-22(26)29-17(5)23(27)24-20-8-6-7-19(11-20)16(4)25/h6-12,14,17H,13H2,1-5H3,(H,24,27)/t17-/m1/s1. The first-order valence-corrected chi connectivity index (χ1v) is 9.52. The highest BCUT2D eigenvalue weighted by Crippen LogP contribution is 2.24. The maximum Gasteiger partial charge on any atom is 0.344 e. The first-order chi connectivity index (χ1) is 13.7. The van der Waals surface area contributed by atoms with Crippen LogP contribution in [0.5, 0.6) is 5.75 Å². The van der Waals surface area contributed by atoms with Crippen molar-refractivity contribution in [3.05, 3.63) is 59.2 Å². The van der Waals surface area contributed by atoms with Gasteiger partial charge in [0, 0.05) is 11.3 Å². The molecular weight excluding hydrogens is 370 g/mol. The monoisotopic (exact) mass is 397 g/mol. The lowest BCUT2D eigenvalue weighted by atomic mass is 10.0. The number of carbonyl (C=O) groups excluding carboxylic acids is 3. The van der Waals surface area contributed by atoms with Crippen LogP contribution in [0.2, 0.25) is 0 Å². The van der Waals surface area contributed by atoms with Gasteiger partial charge in [0.25, 0.3) is 5.91 Å². The third kappa shape index (κ3) is 6.45. The molecule has 1 N–H and O–H groups in total. The van der Waals surface area contributed by atoms with Crippen LogP contribution in [0.15, 0.2) is 42.5 Å². The Morgan fingerprint density at radius 2 is 1.76 bits per heavy atom. The fraction of sp³-hybridized carbons (Fsp3) is 0.348. The topological polar surface area (TPSA) is 81.7 Å². The van der Waals surface area contributed by atoms with Gasteiger partial charge in [-0.25, -0.2) is 4.79 Å².